The highest BCUT2D eigenvalue weighted by Gasteiger charge is 2.51. The Kier molecular flexibility index (Phi) is 6.75. The monoisotopic (exact) mass is 575 g/mol. The van der Waals surface area contributed by atoms with E-state index in [-0.39, 0.29) is 18.5 Å². The van der Waals surface area contributed by atoms with Crippen LogP contribution in [0, 0.1) is 4.64 Å². The highest BCUT2D eigenvalue weighted by atomic mass is 32.1. The molecule has 0 saturated carbocycles. The molecule has 0 fully saturated rings. The highest BCUT2D eigenvalue weighted by Crippen LogP contribution is 2.47. The van der Waals surface area contributed by atoms with Crippen molar-refractivity contribution in [1.82, 2.24) is 9.55 Å². The van der Waals surface area contributed by atoms with Crippen molar-refractivity contribution in [2.45, 2.75) is 97.2 Å². The second-order valence-corrected chi connectivity index (χ2v) is 16.4. The number of hydrogen-bond donors (Lipinski definition) is 1. The molecule has 3 aliphatic rings. The summed E-state index contributed by atoms with van der Waals surface area (Å²) in [7, 11) is -2.18. The lowest BCUT2D eigenvalue weighted by atomic mass is 9.85. The Hall–Kier alpha value is -2.88. The quantitative estimate of drug-likeness (QED) is 0.146. The van der Waals surface area contributed by atoms with Crippen LogP contribution < -0.4 is 5.32 Å². The first kappa shape index (κ1) is 27.3. The molecule has 40 heavy (non-hydrogen) atoms. The summed E-state index contributed by atoms with van der Waals surface area (Å²) in [6.45, 7) is 10.9. The van der Waals surface area contributed by atoms with Gasteiger partial charge < -0.3 is 19.0 Å². The number of pyridine rings is 2. The molecular weight excluding hydrogens is 539 g/mol. The molecule has 4 heterocycles. The van der Waals surface area contributed by atoms with Crippen molar-refractivity contribution in [3.63, 3.8) is 0 Å². The van der Waals surface area contributed by atoms with Crippen LogP contribution >= 0.6 is 12.2 Å². The number of nitrogens with one attached hydrogen (secondary N) is 1. The van der Waals surface area contributed by atoms with Crippen LogP contribution in [0.15, 0.2) is 18.2 Å². The maximum absolute atomic E-state index is 13.6. The highest BCUT2D eigenvalue weighted by molar-refractivity contribution is 7.71. The fourth-order valence-electron chi connectivity index (χ4n) is 7.12. The molecule has 1 aromatic carbocycles. The number of amides is 1. The number of esters is 1. The van der Waals surface area contributed by atoms with Crippen LogP contribution in [-0.4, -0.2) is 29.7 Å². The Morgan fingerprint density at radius 3 is 2.52 bits per heavy atom. The van der Waals surface area contributed by atoms with Gasteiger partial charge in [0.05, 0.1) is 23.4 Å². The van der Waals surface area contributed by atoms with E-state index >= 15 is 0 Å². The standard InChI is InChI=1S/C31H37N3O4SSi/c1-6-31(38-40(7-2,8-3)9-4)23-15-26-28-21(16-34(26)29(39)22(23)17-37-30(31)36)19-11-10-12-20-24(32-18(5)35)13-14-25(33-28)27(19)20/h13-15H,6-12,16-17H2,1-5H3,(H,32,35)/t31-/m0/s1. The number of aryl methyl sites for hydroxylation is 2. The van der Waals surface area contributed by atoms with E-state index < -0.39 is 13.9 Å². The number of cyclic esters (lactones) is 1. The van der Waals surface area contributed by atoms with Gasteiger partial charge in [-0.15, -0.1) is 0 Å². The average molecular weight is 576 g/mol. The van der Waals surface area contributed by atoms with Gasteiger partial charge in [0.15, 0.2) is 13.9 Å². The second-order valence-electron chi connectivity index (χ2n) is 11.4. The van der Waals surface area contributed by atoms with Gasteiger partial charge in [0, 0.05) is 34.7 Å². The number of fused-ring (bicyclic) bond motifs is 5. The predicted molar refractivity (Wildman–Crippen MR) is 161 cm³/mol. The minimum atomic E-state index is -2.18. The zero-order valence-corrected chi connectivity index (χ0v) is 25.8. The van der Waals surface area contributed by atoms with Gasteiger partial charge in [-0.25, -0.2) is 9.78 Å². The molecule has 7 nitrogen and oxygen atoms in total. The average Bonchev–Trinajstić information content (AvgIpc) is 3.34. The molecule has 2 aromatic heterocycles. The Balaban J connectivity index is 1.58. The second kappa shape index (κ2) is 9.89. The molecule has 1 N–H and O–H groups in total. The first-order chi connectivity index (χ1) is 19.2. The largest absolute Gasteiger partial charge is 0.458 e. The maximum atomic E-state index is 13.6. The van der Waals surface area contributed by atoms with Gasteiger partial charge in [-0.2, -0.15) is 0 Å². The van der Waals surface area contributed by atoms with Crippen molar-refractivity contribution in [3.05, 3.63) is 50.7 Å². The Bertz CT molecular complexity index is 1640. The van der Waals surface area contributed by atoms with Gasteiger partial charge in [0.1, 0.15) is 11.2 Å². The molecule has 9 heteroatoms. The number of rotatable bonds is 7. The van der Waals surface area contributed by atoms with Crippen LogP contribution in [0.25, 0.3) is 22.3 Å². The van der Waals surface area contributed by atoms with Gasteiger partial charge in [-0.05, 0) is 73.1 Å². The number of carbonyl (C=O) groups is 2. The third-order valence-electron chi connectivity index (χ3n) is 9.53. The molecule has 2 aliphatic heterocycles. The Morgan fingerprint density at radius 1 is 1.12 bits per heavy atom. The van der Waals surface area contributed by atoms with E-state index in [1.54, 1.807) is 6.92 Å². The normalized spacial score (nSPS) is 19.2. The maximum Gasteiger partial charge on any atom is 0.342 e. The molecule has 1 atom stereocenters. The van der Waals surface area contributed by atoms with Crippen molar-refractivity contribution >= 4 is 49.0 Å². The number of nitrogens with zero attached hydrogens (tertiary/aromatic N) is 2. The number of benzene rings is 1. The molecule has 1 amide bonds. The van der Waals surface area contributed by atoms with E-state index in [2.05, 4.69) is 36.7 Å². The van der Waals surface area contributed by atoms with E-state index in [0.717, 1.165) is 76.5 Å². The summed E-state index contributed by atoms with van der Waals surface area (Å²) < 4.78 is 15.7. The van der Waals surface area contributed by atoms with Crippen LogP contribution in [-0.2, 0) is 50.3 Å². The number of anilines is 1. The Labute approximate surface area is 241 Å². The minimum Gasteiger partial charge on any atom is -0.458 e. The van der Waals surface area contributed by atoms with Crippen LogP contribution in [0.1, 0.15) is 75.3 Å². The predicted octanol–water partition coefficient (Wildman–Crippen LogP) is 6.93. The molecule has 0 bridgehead atoms. The molecule has 3 aromatic rings. The number of carbonyl (C=O) groups excluding carboxylic acids is 2. The molecule has 6 rings (SSSR count). The summed E-state index contributed by atoms with van der Waals surface area (Å²) in [6, 6.07) is 8.92. The lowest BCUT2D eigenvalue weighted by molar-refractivity contribution is -0.170. The van der Waals surface area contributed by atoms with E-state index in [1.165, 1.54) is 16.7 Å². The van der Waals surface area contributed by atoms with Crippen LogP contribution in [0.4, 0.5) is 5.69 Å². The van der Waals surface area contributed by atoms with E-state index in [0.29, 0.717) is 17.6 Å². The number of hydrogen-bond acceptors (Lipinski definition) is 6. The van der Waals surface area contributed by atoms with Crippen molar-refractivity contribution in [1.29, 1.82) is 0 Å². The summed E-state index contributed by atoms with van der Waals surface area (Å²) >= 11 is 6.11. The van der Waals surface area contributed by atoms with Crippen LogP contribution in [0.5, 0.6) is 0 Å². The lowest BCUT2D eigenvalue weighted by Gasteiger charge is -2.43. The number of aromatic nitrogens is 2. The SMILES string of the molecule is CC[C@@]1(O[Si](CC)(CC)CC)C(=O)OCc2c1cc1n(c2=S)Cc2c-1nc1ccc(NC(C)=O)c3c1c2CCC3. The fourth-order valence-corrected chi connectivity index (χ4v) is 10.5. The summed E-state index contributed by atoms with van der Waals surface area (Å²) in [5.74, 6) is -0.371. The number of ether oxygens (including phenoxy) is 1. The van der Waals surface area contributed by atoms with Gasteiger partial charge in [0.2, 0.25) is 5.91 Å². The zero-order chi connectivity index (χ0) is 28.4. The van der Waals surface area contributed by atoms with E-state index in [9.17, 15) is 9.59 Å². The third kappa shape index (κ3) is 3.84. The first-order valence-corrected chi connectivity index (χ1v) is 17.6. The molecule has 0 radical (unpaired) electrons. The smallest absolute Gasteiger partial charge is 0.342 e. The van der Waals surface area contributed by atoms with Gasteiger partial charge in [0.25, 0.3) is 0 Å². The Morgan fingerprint density at radius 2 is 1.85 bits per heavy atom. The minimum absolute atomic E-state index is 0.0687. The van der Waals surface area contributed by atoms with Crippen molar-refractivity contribution in [3.8, 4) is 11.4 Å². The molecule has 0 saturated heterocycles. The zero-order valence-electron chi connectivity index (χ0n) is 24.0. The summed E-state index contributed by atoms with van der Waals surface area (Å²) in [4.78, 5) is 30.7. The fraction of sp³-hybridized carbons (Fsp3) is 0.484. The van der Waals surface area contributed by atoms with Gasteiger partial charge >= 0.3 is 5.97 Å². The topological polar surface area (TPSA) is 82.4 Å². The van der Waals surface area contributed by atoms with Crippen molar-refractivity contribution in [2.75, 3.05) is 5.32 Å². The van der Waals surface area contributed by atoms with Crippen molar-refractivity contribution in [2.24, 2.45) is 0 Å². The molecular formula is C31H37N3O4SSi. The molecule has 210 valence electrons. The van der Waals surface area contributed by atoms with Crippen LogP contribution in [0.3, 0.4) is 0 Å². The molecule has 1 aliphatic carbocycles. The summed E-state index contributed by atoms with van der Waals surface area (Å²) in [6.07, 6.45) is 3.37. The molecule has 0 spiro atoms. The first-order valence-electron chi connectivity index (χ1n) is 14.6. The third-order valence-corrected chi connectivity index (χ3v) is 14.6. The summed E-state index contributed by atoms with van der Waals surface area (Å²) in [5.41, 5.74) is 7.93. The van der Waals surface area contributed by atoms with Crippen LogP contribution in [0.2, 0.25) is 18.1 Å². The van der Waals surface area contributed by atoms with E-state index in [4.69, 9.17) is 26.4 Å². The van der Waals surface area contributed by atoms with E-state index in [1.807, 2.05) is 19.1 Å². The molecule has 0 unspecified atom stereocenters. The summed E-state index contributed by atoms with van der Waals surface area (Å²) in [5, 5.41) is 4.18. The van der Waals surface area contributed by atoms with Gasteiger partial charge in [-0.3, -0.25) is 4.79 Å². The van der Waals surface area contributed by atoms with Crippen molar-refractivity contribution < 1.29 is 18.8 Å². The van der Waals surface area contributed by atoms with Gasteiger partial charge in [-0.1, -0.05) is 39.9 Å². The lowest BCUT2D eigenvalue weighted by Crippen LogP contribution is -2.52.